The fourth-order valence-electron chi connectivity index (χ4n) is 3.18. The van der Waals surface area contributed by atoms with E-state index in [2.05, 4.69) is 72.7 Å². The number of benzene rings is 2. The predicted molar refractivity (Wildman–Crippen MR) is 93.4 cm³/mol. The summed E-state index contributed by atoms with van der Waals surface area (Å²) >= 11 is 0. The van der Waals surface area contributed by atoms with Gasteiger partial charge in [-0.2, -0.15) is 0 Å². The van der Waals surface area contributed by atoms with Gasteiger partial charge in [0.05, 0.1) is 0 Å². The Morgan fingerprint density at radius 2 is 1.19 bits per heavy atom. The standard InChI is InChI=1S/C21H28/c1-13-8-10-20(18(6)16(13)4)12-15(3)21-11-9-14(2)17(5)19(21)7/h8-11,15H,12H2,1-7H3. The van der Waals surface area contributed by atoms with E-state index in [0.29, 0.717) is 5.92 Å². The molecule has 0 amide bonds. The van der Waals surface area contributed by atoms with Gasteiger partial charge in [0.1, 0.15) is 0 Å². The Balaban J connectivity index is 2.33. The minimum Gasteiger partial charge on any atom is -0.0588 e. The number of aryl methyl sites for hydroxylation is 2. The second-order valence-corrected chi connectivity index (χ2v) is 6.62. The number of rotatable bonds is 3. The van der Waals surface area contributed by atoms with Crippen molar-refractivity contribution in [2.45, 2.75) is 60.8 Å². The van der Waals surface area contributed by atoms with Gasteiger partial charge in [-0.3, -0.25) is 0 Å². The topological polar surface area (TPSA) is 0 Å². The van der Waals surface area contributed by atoms with Gasteiger partial charge < -0.3 is 0 Å². The lowest BCUT2D eigenvalue weighted by molar-refractivity contribution is 0.746. The van der Waals surface area contributed by atoms with Gasteiger partial charge in [0.25, 0.3) is 0 Å². The zero-order chi connectivity index (χ0) is 15.7. The van der Waals surface area contributed by atoms with Crippen LogP contribution < -0.4 is 0 Å². The molecule has 0 spiro atoms. The van der Waals surface area contributed by atoms with Crippen molar-refractivity contribution in [1.29, 1.82) is 0 Å². The molecule has 0 fully saturated rings. The van der Waals surface area contributed by atoms with Crippen molar-refractivity contribution in [3.63, 3.8) is 0 Å². The maximum atomic E-state index is 2.35. The van der Waals surface area contributed by atoms with Crippen LogP contribution in [-0.2, 0) is 6.42 Å². The molecule has 2 rings (SSSR count). The van der Waals surface area contributed by atoms with Crippen molar-refractivity contribution < 1.29 is 0 Å². The second kappa shape index (κ2) is 6.05. The van der Waals surface area contributed by atoms with Crippen LogP contribution in [0.2, 0.25) is 0 Å². The lowest BCUT2D eigenvalue weighted by Crippen LogP contribution is -2.05. The Bertz CT molecular complexity index is 662. The fourth-order valence-corrected chi connectivity index (χ4v) is 3.18. The first-order chi connectivity index (χ1) is 9.82. The van der Waals surface area contributed by atoms with E-state index in [1.165, 1.54) is 44.5 Å². The van der Waals surface area contributed by atoms with E-state index in [0.717, 1.165) is 6.42 Å². The lowest BCUT2D eigenvalue weighted by Gasteiger charge is -2.20. The molecule has 1 atom stereocenters. The van der Waals surface area contributed by atoms with Crippen molar-refractivity contribution in [2.24, 2.45) is 0 Å². The predicted octanol–water partition coefficient (Wildman–Crippen LogP) is 5.88. The molecule has 0 aliphatic rings. The first kappa shape index (κ1) is 15.8. The molecular weight excluding hydrogens is 252 g/mol. The smallest absolute Gasteiger partial charge is 0.0147 e. The van der Waals surface area contributed by atoms with Gasteiger partial charge in [0.2, 0.25) is 0 Å². The molecule has 0 saturated carbocycles. The third kappa shape index (κ3) is 3.05. The maximum Gasteiger partial charge on any atom is -0.0147 e. The third-order valence-corrected chi connectivity index (χ3v) is 5.33. The van der Waals surface area contributed by atoms with Crippen molar-refractivity contribution in [3.05, 3.63) is 68.8 Å². The number of hydrogen-bond acceptors (Lipinski definition) is 0. The van der Waals surface area contributed by atoms with E-state index in [1.807, 2.05) is 0 Å². The molecule has 0 nitrogen and oxygen atoms in total. The molecule has 2 aromatic rings. The number of hydrogen-bond donors (Lipinski definition) is 0. The van der Waals surface area contributed by atoms with Crippen LogP contribution in [0.4, 0.5) is 0 Å². The van der Waals surface area contributed by atoms with Crippen LogP contribution in [0, 0.1) is 41.5 Å². The molecule has 0 bridgehead atoms. The van der Waals surface area contributed by atoms with E-state index in [-0.39, 0.29) is 0 Å². The van der Waals surface area contributed by atoms with Crippen molar-refractivity contribution in [3.8, 4) is 0 Å². The van der Waals surface area contributed by atoms with Crippen LogP contribution in [-0.4, -0.2) is 0 Å². The summed E-state index contributed by atoms with van der Waals surface area (Å²) in [4.78, 5) is 0. The van der Waals surface area contributed by atoms with Gasteiger partial charge in [-0.25, -0.2) is 0 Å². The summed E-state index contributed by atoms with van der Waals surface area (Å²) in [6.07, 6.45) is 1.12. The van der Waals surface area contributed by atoms with E-state index < -0.39 is 0 Å². The van der Waals surface area contributed by atoms with Crippen molar-refractivity contribution >= 4 is 0 Å². The molecule has 2 aromatic carbocycles. The average Bonchev–Trinajstić information content (AvgIpc) is 2.45. The zero-order valence-corrected chi connectivity index (χ0v) is 14.6. The normalized spacial score (nSPS) is 12.5. The molecule has 0 radical (unpaired) electrons. The summed E-state index contributed by atoms with van der Waals surface area (Å²) in [6.45, 7) is 15.8. The Labute approximate surface area is 130 Å². The molecule has 0 heteroatoms. The Kier molecular flexibility index (Phi) is 4.56. The van der Waals surface area contributed by atoms with Crippen LogP contribution in [0.3, 0.4) is 0 Å². The molecular formula is C21H28. The highest BCUT2D eigenvalue weighted by Gasteiger charge is 2.13. The molecule has 112 valence electrons. The molecule has 0 aromatic heterocycles. The van der Waals surface area contributed by atoms with E-state index >= 15 is 0 Å². The van der Waals surface area contributed by atoms with E-state index in [1.54, 1.807) is 0 Å². The lowest BCUT2D eigenvalue weighted by atomic mass is 9.85. The second-order valence-electron chi connectivity index (χ2n) is 6.62. The Hall–Kier alpha value is -1.56. The summed E-state index contributed by atoms with van der Waals surface area (Å²) in [5.74, 6) is 0.560. The van der Waals surface area contributed by atoms with Gasteiger partial charge in [-0.05, 0) is 98.4 Å². The van der Waals surface area contributed by atoms with Gasteiger partial charge in [-0.15, -0.1) is 0 Å². The highest BCUT2D eigenvalue weighted by atomic mass is 14.2. The summed E-state index contributed by atoms with van der Waals surface area (Å²) in [7, 11) is 0. The zero-order valence-electron chi connectivity index (χ0n) is 14.6. The highest BCUT2D eigenvalue weighted by molar-refractivity contribution is 5.43. The van der Waals surface area contributed by atoms with Crippen molar-refractivity contribution in [2.75, 3.05) is 0 Å². The SMILES string of the molecule is Cc1ccc(CC(C)c2ccc(C)c(C)c2C)c(C)c1C. The fraction of sp³-hybridized carbons (Fsp3) is 0.429. The van der Waals surface area contributed by atoms with Gasteiger partial charge >= 0.3 is 0 Å². The van der Waals surface area contributed by atoms with Crippen LogP contribution >= 0.6 is 0 Å². The minimum atomic E-state index is 0.560. The summed E-state index contributed by atoms with van der Waals surface area (Å²) in [5.41, 5.74) is 11.6. The quantitative estimate of drug-likeness (QED) is 0.658. The van der Waals surface area contributed by atoms with Crippen LogP contribution in [0.25, 0.3) is 0 Å². The molecule has 0 aliphatic carbocycles. The van der Waals surface area contributed by atoms with Crippen LogP contribution in [0.1, 0.15) is 57.3 Å². The molecule has 21 heavy (non-hydrogen) atoms. The average molecular weight is 280 g/mol. The van der Waals surface area contributed by atoms with Crippen LogP contribution in [0.15, 0.2) is 24.3 Å². The summed E-state index contributed by atoms with van der Waals surface area (Å²) < 4.78 is 0. The molecule has 0 heterocycles. The maximum absolute atomic E-state index is 2.35. The minimum absolute atomic E-state index is 0.560. The molecule has 0 saturated heterocycles. The van der Waals surface area contributed by atoms with Gasteiger partial charge in [0, 0.05) is 0 Å². The Morgan fingerprint density at radius 3 is 1.81 bits per heavy atom. The first-order valence-electron chi connectivity index (χ1n) is 7.95. The largest absolute Gasteiger partial charge is 0.0588 e. The monoisotopic (exact) mass is 280 g/mol. The highest BCUT2D eigenvalue weighted by Crippen LogP contribution is 2.29. The van der Waals surface area contributed by atoms with Gasteiger partial charge in [0.15, 0.2) is 0 Å². The van der Waals surface area contributed by atoms with E-state index in [4.69, 9.17) is 0 Å². The molecule has 0 aliphatic heterocycles. The Morgan fingerprint density at radius 1 is 0.667 bits per heavy atom. The van der Waals surface area contributed by atoms with Crippen LogP contribution in [0.5, 0.6) is 0 Å². The first-order valence-corrected chi connectivity index (χ1v) is 7.95. The molecule has 0 N–H and O–H groups in total. The summed E-state index contributed by atoms with van der Waals surface area (Å²) in [6, 6.07) is 9.16. The third-order valence-electron chi connectivity index (χ3n) is 5.33. The van der Waals surface area contributed by atoms with Crippen molar-refractivity contribution in [1.82, 2.24) is 0 Å². The summed E-state index contributed by atoms with van der Waals surface area (Å²) in [5, 5.41) is 0. The van der Waals surface area contributed by atoms with E-state index in [9.17, 15) is 0 Å². The van der Waals surface area contributed by atoms with Gasteiger partial charge in [-0.1, -0.05) is 31.2 Å². The molecule has 1 unspecified atom stereocenters.